The Kier molecular flexibility index (Phi) is 5.32. The standard InChI is InChI=1S/C12H19BrN6O2/c1-7(2)17-12(20)8-5-21-4-3-19(8)11-9(13)10(18-14)15-6-16-11/h6-8H,3-5,14H2,1-2H3,(H,17,20)(H,15,16,18). The van der Waals surface area contributed by atoms with Crippen molar-refractivity contribution in [2.45, 2.75) is 25.9 Å². The molecule has 21 heavy (non-hydrogen) atoms. The van der Waals surface area contributed by atoms with Gasteiger partial charge < -0.3 is 20.4 Å². The van der Waals surface area contributed by atoms with Crippen LogP contribution in [0.2, 0.25) is 0 Å². The summed E-state index contributed by atoms with van der Waals surface area (Å²) in [6.07, 6.45) is 1.40. The van der Waals surface area contributed by atoms with Crippen molar-refractivity contribution in [3.8, 4) is 0 Å². The molecule has 8 nitrogen and oxygen atoms in total. The second-order valence-corrected chi connectivity index (χ2v) is 5.74. The molecule has 1 aliphatic heterocycles. The van der Waals surface area contributed by atoms with Crippen molar-refractivity contribution >= 4 is 33.5 Å². The van der Waals surface area contributed by atoms with Gasteiger partial charge in [0, 0.05) is 12.6 Å². The van der Waals surface area contributed by atoms with Crippen molar-refractivity contribution in [3.05, 3.63) is 10.8 Å². The zero-order valence-corrected chi connectivity index (χ0v) is 13.6. The number of nitrogens with two attached hydrogens (primary N) is 1. The third-order valence-corrected chi connectivity index (χ3v) is 3.77. The fourth-order valence-corrected chi connectivity index (χ4v) is 2.66. The van der Waals surface area contributed by atoms with Crippen LogP contribution < -0.4 is 21.5 Å². The summed E-state index contributed by atoms with van der Waals surface area (Å²) in [6, 6.07) is -0.366. The molecule has 2 rings (SSSR count). The minimum absolute atomic E-state index is 0.0661. The summed E-state index contributed by atoms with van der Waals surface area (Å²) < 4.78 is 6.05. The van der Waals surface area contributed by atoms with E-state index < -0.39 is 6.04 Å². The van der Waals surface area contributed by atoms with E-state index in [1.54, 1.807) is 0 Å². The summed E-state index contributed by atoms with van der Waals surface area (Å²) in [4.78, 5) is 22.5. The third-order valence-electron chi connectivity index (χ3n) is 3.04. The first kappa shape index (κ1) is 15.9. The highest BCUT2D eigenvalue weighted by Gasteiger charge is 2.32. The van der Waals surface area contributed by atoms with Crippen molar-refractivity contribution in [3.63, 3.8) is 0 Å². The monoisotopic (exact) mass is 358 g/mol. The van der Waals surface area contributed by atoms with Gasteiger partial charge in [-0.15, -0.1) is 0 Å². The highest BCUT2D eigenvalue weighted by molar-refractivity contribution is 9.10. The number of amides is 1. The van der Waals surface area contributed by atoms with Crippen molar-refractivity contribution in [2.24, 2.45) is 5.84 Å². The Bertz CT molecular complexity index is 513. The minimum atomic E-state index is -0.432. The number of anilines is 2. The van der Waals surface area contributed by atoms with Crippen molar-refractivity contribution in [2.75, 3.05) is 30.1 Å². The number of halogens is 1. The van der Waals surface area contributed by atoms with Gasteiger partial charge in [0.1, 0.15) is 22.7 Å². The number of nitrogen functional groups attached to an aromatic ring is 1. The zero-order valence-electron chi connectivity index (χ0n) is 12.0. The molecule has 2 heterocycles. The number of hydrogen-bond acceptors (Lipinski definition) is 7. The number of rotatable bonds is 4. The average molecular weight is 359 g/mol. The first-order chi connectivity index (χ1) is 10.0. The predicted molar refractivity (Wildman–Crippen MR) is 82.8 cm³/mol. The largest absolute Gasteiger partial charge is 0.377 e. The van der Waals surface area contributed by atoms with Crippen LogP contribution in [0.3, 0.4) is 0 Å². The van der Waals surface area contributed by atoms with Gasteiger partial charge >= 0.3 is 0 Å². The van der Waals surface area contributed by atoms with Gasteiger partial charge in [-0.25, -0.2) is 15.8 Å². The van der Waals surface area contributed by atoms with Gasteiger partial charge in [-0.1, -0.05) is 0 Å². The normalized spacial score (nSPS) is 18.7. The number of nitrogens with one attached hydrogen (secondary N) is 2. The number of aromatic nitrogens is 2. The van der Waals surface area contributed by atoms with Gasteiger partial charge in [0.25, 0.3) is 0 Å². The number of hydrogen-bond donors (Lipinski definition) is 3. The minimum Gasteiger partial charge on any atom is -0.377 e. The van der Waals surface area contributed by atoms with Gasteiger partial charge in [-0.05, 0) is 29.8 Å². The molecule has 0 bridgehead atoms. The van der Waals surface area contributed by atoms with E-state index in [9.17, 15) is 4.79 Å². The van der Waals surface area contributed by atoms with E-state index in [0.717, 1.165) is 0 Å². The summed E-state index contributed by atoms with van der Waals surface area (Å²) in [5.41, 5.74) is 2.49. The number of morpholine rings is 1. The molecular weight excluding hydrogens is 340 g/mol. The fraction of sp³-hybridized carbons (Fsp3) is 0.583. The SMILES string of the molecule is CC(C)NC(=O)C1COCCN1c1ncnc(NN)c1Br. The molecule has 0 saturated carbocycles. The van der Waals surface area contributed by atoms with Crippen LogP contribution in [0.1, 0.15) is 13.8 Å². The Morgan fingerprint density at radius 1 is 1.57 bits per heavy atom. The highest BCUT2D eigenvalue weighted by Crippen LogP contribution is 2.30. The molecule has 1 atom stereocenters. The number of carbonyl (C=O) groups is 1. The van der Waals surface area contributed by atoms with Crippen LogP contribution in [0.15, 0.2) is 10.8 Å². The molecule has 0 aliphatic carbocycles. The third kappa shape index (κ3) is 3.60. The van der Waals surface area contributed by atoms with E-state index >= 15 is 0 Å². The maximum atomic E-state index is 12.3. The molecule has 9 heteroatoms. The molecule has 1 unspecified atom stereocenters. The van der Waals surface area contributed by atoms with Crippen LogP contribution in [-0.4, -0.2) is 47.7 Å². The van der Waals surface area contributed by atoms with E-state index in [-0.39, 0.29) is 11.9 Å². The number of carbonyl (C=O) groups excluding carboxylic acids is 1. The highest BCUT2D eigenvalue weighted by atomic mass is 79.9. The van der Waals surface area contributed by atoms with Crippen LogP contribution in [0.25, 0.3) is 0 Å². The fourth-order valence-electron chi connectivity index (χ4n) is 2.12. The van der Waals surface area contributed by atoms with Crippen molar-refractivity contribution < 1.29 is 9.53 Å². The summed E-state index contributed by atoms with van der Waals surface area (Å²) in [7, 11) is 0. The predicted octanol–water partition coefficient (Wildman–Crippen LogP) is 0.255. The van der Waals surface area contributed by atoms with Crippen molar-refractivity contribution in [1.29, 1.82) is 0 Å². The Hall–Kier alpha value is -1.45. The maximum absolute atomic E-state index is 12.3. The van der Waals surface area contributed by atoms with Crippen LogP contribution in [0.5, 0.6) is 0 Å². The Balaban J connectivity index is 2.28. The van der Waals surface area contributed by atoms with E-state index in [0.29, 0.717) is 35.9 Å². The van der Waals surface area contributed by atoms with E-state index in [4.69, 9.17) is 10.6 Å². The summed E-state index contributed by atoms with van der Waals surface area (Å²) in [6.45, 7) is 5.26. The molecule has 4 N–H and O–H groups in total. The van der Waals surface area contributed by atoms with Crippen LogP contribution in [-0.2, 0) is 9.53 Å². The van der Waals surface area contributed by atoms with Gasteiger partial charge in [-0.2, -0.15) is 0 Å². The summed E-state index contributed by atoms with van der Waals surface area (Å²) >= 11 is 3.42. The number of nitrogens with zero attached hydrogens (tertiary/aromatic N) is 3. The lowest BCUT2D eigenvalue weighted by molar-refractivity contribution is -0.125. The van der Waals surface area contributed by atoms with Gasteiger partial charge in [0.2, 0.25) is 5.91 Å². The van der Waals surface area contributed by atoms with E-state index in [2.05, 4.69) is 36.6 Å². The lowest BCUT2D eigenvalue weighted by Crippen LogP contribution is -2.55. The molecule has 1 saturated heterocycles. The quantitative estimate of drug-likeness (QED) is 0.523. The Morgan fingerprint density at radius 3 is 3.00 bits per heavy atom. The van der Waals surface area contributed by atoms with Crippen LogP contribution in [0, 0.1) is 0 Å². The lowest BCUT2D eigenvalue weighted by Gasteiger charge is -2.36. The number of ether oxygens (including phenoxy) is 1. The molecule has 1 aromatic heterocycles. The maximum Gasteiger partial charge on any atom is 0.245 e. The van der Waals surface area contributed by atoms with Crippen molar-refractivity contribution in [1.82, 2.24) is 15.3 Å². The van der Waals surface area contributed by atoms with E-state index in [1.807, 2.05) is 18.7 Å². The first-order valence-electron chi connectivity index (χ1n) is 6.66. The average Bonchev–Trinajstić information content (AvgIpc) is 2.47. The second-order valence-electron chi connectivity index (χ2n) is 4.95. The number of hydrazine groups is 1. The first-order valence-corrected chi connectivity index (χ1v) is 7.45. The summed E-state index contributed by atoms with van der Waals surface area (Å²) in [5, 5.41) is 2.90. The Morgan fingerprint density at radius 2 is 2.33 bits per heavy atom. The van der Waals surface area contributed by atoms with Gasteiger partial charge in [-0.3, -0.25) is 4.79 Å². The molecule has 0 radical (unpaired) electrons. The molecule has 0 aromatic carbocycles. The molecule has 1 aromatic rings. The smallest absolute Gasteiger partial charge is 0.245 e. The molecule has 116 valence electrons. The topological polar surface area (TPSA) is 105 Å². The van der Waals surface area contributed by atoms with E-state index in [1.165, 1.54) is 6.33 Å². The molecule has 1 amide bonds. The Labute approximate surface area is 131 Å². The summed E-state index contributed by atoms with van der Waals surface area (Å²) in [5.74, 6) is 6.41. The van der Waals surface area contributed by atoms with Crippen LogP contribution >= 0.6 is 15.9 Å². The molecule has 0 spiro atoms. The van der Waals surface area contributed by atoms with Crippen LogP contribution in [0.4, 0.5) is 11.6 Å². The van der Waals surface area contributed by atoms with Gasteiger partial charge in [0.05, 0.1) is 13.2 Å². The molecule has 1 fully saturated rings. The van der Waals surface area contributed by atoms with Gasteiger partial charge in [0.15, 0.2) is 5.82 Å². The lowest BCUT2D eigenvalue weighted by atomic mass is 10.2. The molecule has 1 aliphatic rings. The second kappa shape index (κ2) is 7.01. The zero-order chi connectivity index (χ0) is 15.4. The molecular formula is C12H19BrN6O2.